The van der Waals surface area contributed by atoms with Gasteiger partial charge in [0.1, 0.15) is 0 Å². The van der Waals surface area contributed by atoms with Crippen molar-refractivity contribution in [1.82, 2.24) is 10.2 Å². The molecular formula is C13H24N2O2S. The van der Waals surface area contributed by atoms with Gasteiger partial charge in [0.2, 0.25) is 5.91 Å². The van der Waals surface area contributed by atoms with Crippen molar-refractivity contribution in [2.45, 2.75) is 31.7 Å². The van der Waals surface area contributed by atoms with Crippen LogP contribution in [0, 0.1) is 5.92 Å². The van der Waals surface area contributed by atoms with E-state index in [0.29, 0.717) is 12.6 Å². The van der Waals surface area contributed by atoms with E-state index in [4.69, 9.17) is 4.74 Å². The summed E-state index contributed by atoms with van der Waals surface area (Å²) < 4.78 is 5.38. The van der Waals surface area contributed by atoms with Crippen LogP contribution in [-0.4, -0.2) is 55.4 Å². The Morgan fingerprint density at radius 3 is 2.50 bits per heavy atom. The van der Waals surface area contributed by atoms with Crippen LogP contribution in [0.3, 0.4) is 0 Å². The SMILES string of the molecule is O=C(NCCS)C1CCC(N2CCOCC2)CC1. The van der Waals surface area contributed by atoms with Crippen molar-refractivity contribution in [3.63, 3.8) is 0 Å². The van der Waals surface area contributed by atoms with Gasteiger partial charge in [-0.05, 0) is 25.7 Å². The van der Waals surface area contributed by atoms with Crippen molar-refractivity contribution < 1.29 is 9.53 Å². The lowest BCUT2D eigenvalue weighted by molar-refractivity contribution is -0.126. The van der Waals surface area contributed by atoms with Gasteiger partial charge in [-0.3, -0.25) is 9.69 Å². The van der Waals surface area contributed by atoms with Crippen LogP contribution in [-0.2, 0) is 9.53 Å². The minimum absolute atomic E-state index is 0.224. The monoisotopic (exact) mass is 272 g/mol. The largest absolute Gasteiger partial charge is 0.379 e. The molecule has 0 bridgehead atoms. The van der Waals surface area contributed by atoms with E-state index in [9.17, 15) is 4.79 Å². The number of ether oxygens (including phenoxy) is 1. The van der Waals surface area contributed by atoms with Gasteiger partial charge in [-0.2, -0.15) is 12.6 Å². The lowest BCUT2D eigenvalue weighted by Gasteiger charge is -2.38. The first-order valence-corrected chi connectivity index (χ1v) is 7.65. The third-order valence-electron chi connectivity index (χ3n) is 4.04. The maximum Gasteiger partial charge on any atom is 0.223 e. The molecule has 1 N–H and O–H groups in total. The summed E-state index contributed by atoms with van der Waals surface area (Å²) in [5, 5.41) is 2.95. The highest BCUT2D eigenvalue weighted by Gasteiger charge is 2.29. The Morgan fingerprint density at radius 2 is 1.89 bits per heavy atom. The van der Waals surface area contributed by atoms with Crippen LogP contribution in [0.2, 0.25) is 0 Å². The van der Waals surface area contributed by atoms with Gasteiger partial charge in [-0.1, -0.05) is 0 Å². The maximum atomic E-state index is 11.9. The number of amides is 1. The Kier molecular flexibility index (Phi) is 5.79. The van der Waals surface area contributed by atoms with Crippen molar-refractivity contribution in [3.8, 4) is 0 Å². The zero-order valence-electron chi connectivity index (χ0n) is 10.9. The summed E-state index contributed by atoms with van der Waals surface area (Å²) in [5.74, 6) is 1.17. The van der Waals surface area contributed by atoms with Gasteiger partial charge in [-0.15, -0.1) is 0 Å². The molecule has 1 amide bonds. The molecular weight excluding hydrogens is 248 g/mol. The van der Waals surface area contributed by atoms with Crippen LogP contribution in [0.15, 0.2) is 0 Å². The Bertz CT molecular complexity index is 262. The molecule has 0 aromatic carbocycles. The van der Waals surface area contributed by atoms with Gasteiger partial charge in [0.15, 0.2) is 0 Å². The molecule has 0 aromatic rings. The van der Waals surface area contributed by atoms with Crippen LogP contribution in [0.25, 0.3) is 0 Å². The van der Waals surface area contributed by atoms with E-state index in [2.05, 4.69) is 22.8 Å². The zero-order valence-corrected chi connectivity index (χ0v) is 11.8. The summed E-state index contributed by atoms with van der Waals surface area (Å²) in [6, 6.07) is 0.669. The fourth-order valence-electron chi connectivity index (χ4n) is 2.97. The van der Waals surface area contributed by atoms with E-state index in [1.807, 2.05) is 0 Å². The van der Waals surface area contributed by atoms with Gasteiger partial charge in [-0.25, -0.2) is 0 Å². The van der Waals surface area contributed by atoms with Gasteiger partial charge in [0, 0.05) is 37.3 Å². The predicted molar refractivity (Wildman–Crippen MR) is 75.0 cm³/mol. The molecule has 1 aliphatic carbocycles. The highest BCUT2D eigenvalue weighted by Crippen LogP contribution is 2.28. The number of carbonyl (C=O) groups is 1. The van der Waals surface area contributed by atoms with E-state index in [1.165, 1.54) is 0 Å². The first kappa shape index (κ1) is 14.2. The summed E-state index contributed by atoms with van der Waals surface area (Å²) in [5.41, 5.74) is 0. The molecule has 1 heterocycles. The van der Waals surface area contributed by atoms with E-state index >= 15 is 0 Å². The lowest BCUT2D eigenvalue weighted by atomic mass is 9.84. The van der Waals surface area contributed by atoms with Gasteiger partial charge in [0.05, 0.1) is 13.2 Å². The highest BCUT2D eigenvalue weighted by atomic mass is 32.1. The second-order valence-corrected chi connectivity index (χ2v) is 5.62. The molecule has 1 saturated carbocycles. The molecule has 0 unspecified atom stereocenters. The van der Waals surface area contributed by atoms with Crippen LogP contribution < -0.4 is 5.32 Å². The zero-order chi connectivity index (χ0) is 12.8. The fraction of sp³-hybridized carbons (Fsp3) is 0.923. The van der Waals surface area contributed by atoms with E-state index in [-0.39, 0.29) is 11.8 Å². The smallest absolute Gasteiger partial charge is 0.223 e. The quantitative estimate of drug-likeness (QED) is 0.748. The molecule has 0 aromatic heterocycles. The minimum Gasteiger partial charge on any atom is -0.379 e. The Hall–Kier alpha value is -0.260. The number of morpholine rings is 1. The molecule has 0 radical (unpaired) electrons. The lowest BCUT2D eigenvalue weighted by Crippen LogP contribution is -2.46. The Balaban J connectivity index is 1.71. The molecule has 4 nitrogen and oxygen atoms in total. The number of hydrogen-bond donors (Lipinski definition) is 2. The predicted octanol–water partition coefficient (Wildman–Crippen LogP) is 0.923. The number of hydrogen-bond acceptors (Lipinski definition) is 4. The second-order valence-electron chi connectivity index (χ2n) is 5.17. The number of thiol groups is 1. The van der Waals surface area contributed by atoms with Crippen LogP contribution in [0.5, 0.6) is 0 Å². The summed E-state index contributed by atoms with van der Waals surface area (Å²) in [6.45, 7) is 4.53. The third-order valence-corrected chi connectivity index (χ3v) is 4.26. The average molecular weight is 272 g/mol. The Morgan fingerprint density at radius 1 is 1.22 bits per heavy atom. The molecule has 18 heavy (non-hydrogen) atoms. The summed E-state index contributed by atoms with van der Waals surface area (Å²) in [6.07, 6.45) is 4.36. The topological polar surface area (TPSA) is 41.6 Å². The second kappa shape index (κ2) is 7.36. The molecule has 104 valence electrons. The van der Waals surface area contributed by atoms with Crippen molar-refractivity contribution in [2.24, 2.45) is 5.92 Å². The van der Waals surface area contributed by atoms with E-state index in [0.717, 1.165) is 57.7 Å². The average Bonchev–Trinajstić information content (AvgIpc) is 2.46. The normalized spacial score (nSPS) is 30.1. The fourth-order valence-corrected chi connectivity index (χ4v) is 3.08. The summed E-state index contributed by atoms with van der Waals surface area (Å²) in [4.78, 5) is 14.4. The molecule has 1 aliphatic heterocycles. The van der Waals surface area contributed by atoms with Gasteiger partial charge >= 0.3 is 0 Å². The molecule has 2 fully saturated rings. The number of rotatable bonds is 4. The van der Waals surface area contributed by atoms with Crippen LogP contribution in [0.4, 0.5) is 0 Å². The van der Waals surface area contributed by atoms with E-state index < -0.39 is 0 Å². The third kappa shape index (κ3) is 3.87. The van der Waals surface area contributed by atoms with Crippen LogP contribution >= 0.6 is 12.6 Å². The standard InChI is InChI=1S/C13H24N2O2S/c16-13(14-5-10-18)11-1-3-12(4-2-11)15-6-8-17-9-7-15/h11-12,18H,1-10H2,(H,14,16). The van der Waals surface area contributed by atoms with Crippen LogP contribution in [0.1, 0.15) is 25.7 Å². The molecule has 1 saturated heterocycles. The van der Waals surface area contributed by atoms with E-state index in [1.54, 1.807) is 0 Å². The van der Waals surface area contributed by atoms with Gasteiger partial charge < -0.3 is 10.1 Å². The van der Waals surface area contributed by atoms with Crippen molar-refractivity contribution in [1.29, 1.82) is 0 Å². The van der Waals surface area contributed by atoms with Crippen molar-refractivity contribution in [2.75, 3.05) is 38.6 Å². The number of nitrogens with zero attached hydrogens (tertiary/aromatic N) is 1. The summed E-state index contributed by atoms with van der Waals surface area (Å²) in [7, 11) is 0. The molecule has 5 heteroatoms. The highest BCUT2D eigenvalue weighted by molar-refractivity contribution is 7.80. The minimum atomic E-state index is 0.224. The molecule has 0 spiro atoms. The molecule has 2 rings (SSSR count). The first-order valence-electron chi connectivity index (χ1n) is 7.01. The van der Waals surface area contributed by atoms with Crippen molar-refractivity contribution in [3.05, 3.63) is 0 Å². The van der Waals surface area contributed by atoms with Gasteiger partial charge in [0.25, 0.3) is 0 Å². The Labute approximate surface area is 115 Å². The first-order chi connectivity index (χ1) is 8.81. The summed E-state index contributed by atoms with van der Waals surface area (Å²) >= 11 is 4.11. The molecule has 2 aliphatic rings. The number of nitrogens with one attached hydrogen (secondary N) is 1. The molecule has 0 atom stereocenters. The number of carbonyl (C=O) groups excluding carboxylic acids is 1. The maximum absolute atomic E-state index is 11.9. The van der Waals surface area contributed by atoms with Crippen molar-refractivity contribution >= 4 is 18.5 Å².